The molecule has 0 spiro atoms. The Bertz CT molecular complexity index is 554. The van der Waals surface area contributed by atoms with Gasteiger partial charge in [-0.25, -0.2) is 0 Å². The van der Waals surface area contributed by atoms with Crippen LogP contribution in [0.25, 0.3) is 11.1 Å². The van der Waals surface area contributed by atoms with Crippen LogP contribution in [0.3, 0.4) is 0 Å². The normalized spacial score (nSPS) is 10.2. The summed E-state index contributed by atoms with van der Waals surface area (Å²) in [5.41, 5.74) is 3.30. The molecule has 0 radical (unpaired) electrons. The Balaban J connectivity index is 2.50. The van der Waals surface area contributed by atoms with Gasteiger partial charge < -0.3 is 14.2 Å². The molecule has 0 N–H and O–H groups in total. The fraction of sp³-hybridized carbons (Fsp3) is 0.250. The lowest BCUT2D eigenvalue weighted by molar-refractivity contribution is 0.324. The van der Waals surface area contributed by atoms with E-state index >= 15 is 0 Å². The zero-order chi connectivity index (χ0) is 14.5. The third kappa shape index (κ3) is 2.85. The van der Waals surface area contributed by atoms with Gasteiger partial charge in [0.15, 0.2) is 11.5 Å². The standard InChI is InChI=1S/C16H18O3S/c1-17-14-8-13(9-15(18-2)16(14)19-3)12-6-4-11(10-20)5-7-12/h4-9,20H,10H2,1-3H3. The van der Waals surface area contributed by atoms with Crippen LogP contribution < -0.4 is 14.2 Å². The van der Waals surface area contributed by atoms with Crippen molar-refractivity contribution in [2.24, 2.45) is 0 Å². The summed E-state index contributed by atoms with van der Waals surface area (Å²) in [6, 6.07) is 12.1. The lowest BCUT2D eigenvalue weighted by Gasteiger charge is -2.14. The van der Waals surface area contributed by atoms with Gasteiger partial charge in [-0.2, -0.15) is 12.6 Å². The van der Waals surface area contributed by atoms with Crippen LogP contribution in [-0.2, 0) is 5.75 Å². The molecule has 0 aliphatic carbocycles. The quantitative estimate of drug-likeness (QED) is 0.849. The summed E-state index contributed by atoms with van der Waals surface area (Å²) >= 11 is 4.26. The summed E-state index contributed by atoms with van der Waals surface area (Å²) in [4.78, 5) is 0. The highest BCUT2D eigenvalue weighted by molar-refractivity contribution is 7.79. The van der Waals surface area contributed by atoms with Gasteiger partial charge in [-0.15, -0.1) is 0 Å². The van der Waals surface area contributed by atoms with Crippen molar-refractivity contribution in [2.75, 3.05) is 21.3 Å². The second kappa shape index (κ2) is 6.57. The van der Waals surface area contributed by atoms with Gasteiger partial charge in [-0.3, -0.25) is 0 Å². The van der Waals surface area contributed by atoms with E-state index in [-0.39, 0.29) is 0 Å². The molecule has 3 nitrogen and oxygen atoms in total. The lowest BCUT2D eigenvalue weighted by Crippen LogP contribution is -1.95. The predicted octanol–water partition coefficient (Wildman–Crippen LogP) is 3.81. The van der Waals surface area contributed by atoms with Crippen molar-refractivity contribution >= 4 is 12.6 Å². The smallest absolute Gasteiger partial charge is 0.203 e. The van der Waals surface area contributed by atoms with Crippen LogP contribution in [-0.4, -0.2) is 21.3 Å². The SMILES string of the molecule is COc1cc(-c2ccc(CS)cc2)cc(OC)c1OC. The molecule has 2 aromatic carbocycles. The Labute approximate surface area is 124 Å². The molecule has 0 saturated carbocycles. The average molecular weight is 290 g/mol. The van der Waals surface area contributed by atoms with Crippen LogP contribution in [0, 0.1) is 0 Å². The third-order valence-corrected chi connectivity index (χ3v) is 3.50. The Morgan fingerprint density at radius 1 is 0.800 bits per heavy atom. The Morgan fingerprint density at radius 2 is 1.35 bits per heavy atom. The first-order valence-electron chi connectivity index (χ1n) is 6.23. The van der Waals surface area contributed by atoms with Crippen molar-refractivity contribution in [3.63, 3.8) is 0 Å². The summed E-state index contributed by atoms with van der Waals surface area (Å²) in [5.74, 6) is 2.64. The molecule has 20 heavy (non-hydrogen) atoms. The minimum absolute atomic E-state index is 0.603. The van der Waals surface area contributed by atoms with Gasteiger partial charge in [-0.1, -0.05) is 24.3 Å². The van der Waals surface area contributed by atoms with Crippen molar-refractivity contribution in [3.8, 4) is 28.4 Å². The van der Waals surface area contributed by atoms with Gasteiger partial charge in [0.25, 0.3) is 0 Å². The molecule has 0 aliphatic heterocycles. The topological polar surface area (TPSA) is 27.7 Å². The number of hydrogen-bond acceptors (Lipinski definition) is 4. The zero-order valence-electron chi connectivity index (χ0n) is 11.8. The summed E-state index contributed by atoms with van der Waals surface area (Å²) in [6.07, 6.45) is 0. The minimum Gasteiger partial charge on any atom is -0.493 e. The molecule has 0 aromatic heterocycles. The Kier molecular flexibility index (Phi) is 4.79. The summed E-state index contributed by atoms with van der Waals surface area (Å²) in [7, 11) is 4.83. The average Bonchev–Trinajstić information content (AvgIpc) is 2.53. The largest absolute Gasteiger partial charge is 0.493 e. The number of thiol groups is 1. The van der Waals surface area contributed by atoms with E-state index in [2.05, 4.69) is 36.9 Å². The van der Waals surface area contributed by atoms with Crippen LogP contribution in [0.2, 0.25) is 0 Å². The van der Waals surface area contributed by atoms with Gasteiger partial charge in [0.05, 0.1) is 21.3 Å². The number of methoxy groups -OCH3 is 3. The fourth-order valence-electron chi connectivity index (χ4n) is 2.05. The molecule has 4 heteroatoms. The Morgan fingerprint density at radius 3 is 1.75 bits per heavy atom. The Hall–Kier alpha value is -1.81. The first-order chi connectivity index (χ1) is 9.73. The number of benzene rings is 2. The molecule has 106 valence electrons. The van der Waals surface area contributed by atoms with Crippen molar-refractivity contribution in [2.45, 2.75) is 5.75 Å². The minimum atomic E-state index is 0.603. The van der Waals surface area contributed by atoms with Crippen LogP contribution in [0.4, 0.5) is 0 Å². The summed E-state index contributed by atoms with van der Waals surface area (Å²) < 4.78 is 16.1. The van der Waals surface area contributed by atoms with E-state index in [1.54, 1.807) is 21.3 Å². The highest BCUT2D eigenvalue weighted by atomic mass is 32.1. The zero-order valence-corrected chi connectivity index (χ0v) is 12.7. The van der Waals surface area contributed by atoms with Crippen LogP contribution in [0.5, 0.6) is 17.2 Å². The molecule has 0 bridgehead atoms. The van der Waals surface area contributed by atoms with E-state index in [4.69, 9.17) is 14.2 Å². The van der Waals surface area contributed by atoms with Gasteiger partial charge in [-0.05, 0) is 28.8 Å². The van der Waals surface area contributed by atoms with E-state index < -0.39 is 0 Å². The van der Waals surface area contributed by atoms with Crippen molar-refractivity contribution in [3.05, 3.63) is 42.0 Å². The van der Waals surface area contributed by atoms with E-state index in [9.17, 15) is 0 Å². The molecular weight excluding hydrogens is 272 g/mol. The third-order valence-electron chi connectivity index (χ3n) is 3.13. The molecular formula is C16H18O3S. The van der Waals surface area contributed by atoms with Crippen LogP contribution >= 0.6 is 12.6 Å². The maximum Gasteiger partial charge on any atom is 0.203 e. The van der Waals surface area contributed by atoms with Crippen LogP contribution in [0.1, 0.15) is 5.56 Å². The molecule has 0 saturated heterocycles. The van der Waals surface area contributed by atoms with Gasteiger partial charge in [0.1, 0.15) is 0 Å². The van der Waals surface area contributed by atoms with Crippen molar-refractivity contribution in [1.82, 2.24) is 0 Å². The van der Waals surface area contributed by atoms with E-state index in [1.807, 2.05) is 12.1 Å². The molecule has 0 heterocycles. The maximum atomic E-state index is 5.37. The number of hydrogen-bond donors (Lipinski definition) is 1. The molecule has 0 fully saturated rings. The lowest BCUT2D eigenvalue weighted by atomic mass is 10.0. The van der Waals surface area contributed by atoms with Gasteiger partial charge in [0, 0.05) is 5.75 Å². The summed E-state index contributed by atoms with van der Waals surface area (Å²) in [5, 5.41) is 0. The molecule has 2 aromatic rings. The molecule has 2 rings (SSSR count). The van der Waals surface area contributed by atoms with E-state index in [0.29, 0.717) is 17.2 Å². The fourth-order valence-corrected chi connectivity index (χ4v) is 2.26. The first kappa shape index (κ1) is 14.6. The van der Waals surface area contributed by atoms with Crippen molar-refractivity contribution < 1.29 is 14.2 Å². The maximum absolute atomic E-state index is 5.37. The molecule has 0 atom stereocenters. The van der Waals surface area contributed by atoms with E-state index in [0.717, 1.165) is 16.9 Å². The second-order valence-corrected chi connectivity index (χ2v) is 4.59. The molecule has 0 unspecified atom stereocenters. The molecule has 0 amide bonds. The van der Waals surface area contributed by atoms with Crippen LogP contribution in [0.15, 0.2) is 36.4 Å². The highest BCUT2D eigenvalue weighted by Crippen LogP contribution is 2.41. The number of rotatable bonds is 5. The van der Waals surface area contributed by atoms with Gasteiger partial charge >= 0.3 is 0 Å². The monoisotopic (exact) mass is 290 g/mol. The first-order valence-corrected chi connectivity index (χ1v) is 6.87. The highest BCUT2D eigenvalue weighted by Gasteiger charge is 2.13. The molecule has 0 aliphatic rings. The van der Waals surface area contributed by atoms with Gasteiger partial charge in [0.2, 0.25) is 5.75 Å². The summed E-state index contributed by atoms with van der Waals surface area (Å²) in [6.45, 7) is 0. The number of ether oxygens (including phenoxy) is 3. The predicted molar refractivity (Wildman–Crippen MR) is 84.2 cm³/mol. The second-order valence-electron chi connectivity index (χ2n) is 4.27. The van der Waals surface area contributed by atoms with Crippen molar-refractivity contribution in [1.29, 1.82) is 0 Å². The van der Waals surface area contributed by atoms with E-state index in [1.165, 1.54) is 5.56 Å².